The van der Waals surface area contributed by atoms with Crippen LogP contribution in [0.3, 0.4) is 0 Å². The largest absolute Gasteiger partial charge is 0.350 e. The predicted molar refractivity (Wildman–Crippen MR) is 123 cm³/mol. The second-order valence-electron chi connectivity index (χ2n) is 8.94. The lowest BCUT2D eigenvalue weighted by Gasteiger charge is -2.30. The van der Waals surface area contributed by atoms with Crippen molar-refractivity contribution in [2.45, 2.75) is 83.7 Å². The molecule has 1 fully saturated rings. The van der Waals surface area contributed by atoms with Crippen LogP contribution in [0.1, 0.15) is 87.8 Å². The molecule has 1 aromatic heterocycles. The van der Waals surface area contributed by atoms with Gasteiger partial charge in [0.2, 0.25) is 17.7 Å². The van der Waals surface area contributed by atoms with Gasteiger partial charge in [-0.05, 0) is 51.0 Å². The van der Waals surface area contributed by atoms with Crippen molar-refractivity contribution < 1.29 is 18.9 Å². The highest BCUT2D eigenvalue weighted by molar-refractivity contribution is 5.95. The smallest absolute Gasteiger partial charge is 0.251 e. The van der Waals surface area contributed by atoms with Crippen molar-refractivity contribution in [1.29, 1.82) is 0 Å². The van der Waals surface area contributed by atoms with Crippen molar-refractivity contribution in [2.24, 2.45) is 0 Å². The Hall–Kier alpha value is -3.23. The van der Waals surface area contributed by atoms with Crippen molar-refractivity contribution in [3.8, 4) is 0 Å². The van der Waals surface area contributed by atoms with E-state index in [9.17, 15) is 14.4 Å². The minimum atomic E-state index is -0.601. The standard InChI is InChI=1S/C24H33N5O4/c1-16(2)25-22(32)18-8-10-19(11-9-18)26-20(31)12-13-21-27-23(29-33-21)24(28-17(3)30)14-6-4-5-7-15-24/h8-11,16H,4-7,12-15H2,1-3H3,(H,25,32)(H,26,31)(H,28,30). The summed E-state index contributed by atoms with van der Waals surface area (Å²) in [7, 11) is 0. The maximum Gasteiger partial charge on any atom is 0.251 e. The van der Waals surface area contributed by atoms with Gasteiger partial charge < -0.3 is 20.5 Å². The van der Waals surface area contributed by atoms with Gasteiger partial charge >= 0.3 is 0 Å². The molecule has 0 bridgehead atoms. The van der Waals surface area contributed by atoms with E-state index in [1.54, 1.807) is 24.3 Å². The van der Waals surface area contributed by atoms with Crippen LogP contribution in [-0.2, 0) is 21.5 Å². The van der Waals surface area contributed by atoms with Crippen LogP contribution in [0.5, 0.6) is 0 Å². The Morgan fingerprint density at radius 2 is 1.73 bits per heavy atom. The van der Waals surface area contributed by atoms with E-state index in [0.717, 1.165) is 38.5 Å². The summed E-state index contributed by atoms with van der Waals surface area (Å²) in [5.74, 6) is 0.399. The number of hydrogen-bond acceptors (Lipinski definition) is 6. The molecule has 9 heteroatoms. The first-order chi connectivity index (χ1) is 15.8. The summed E-state index contributed by atoms with van der Waals surface area (Å²) < 4.78 is 5.40. The normalized spacial score (nSPS) is 15.5. The van der Waals surface area contributed by atoms with E-state index in [1.165, 1.54) is 6.92 Å². The summed E-state index contributed by atoms with van der Waals surface area (Å²) >= 11 is 0. The Kier molecular flexibility index (Phi) is 8.19. The second-order valence-corrected chi connectivity index (χ2v) is 8.94. The lowest BCUT2D eigenvalue weighted by Crippen LogP contribution is -2.45. The van der Waals surface area contributed by atoms with E-state index in [1.807, 2.05) is 13.8 Å². The van der Waals surface area contributed by atoms with E-state index < -0.39 is 5.54 Å². The number of anilines is 1. The van der Waals surface area contributed by atoms with Crippen LogP contribution in [0.2, 0.25) is 0 Å². The molecular weight excluding hydrogens is 422 g/mol. The molecule has 33 heavy (non-hydrogen) atoms. The maximum atomic E-state index is 12.4. The van der Waals surface area contributed by atoms with E-state index in [4.69, 9.17) is 4.52 Å². The minimum Gasteiger partial charge on any atom is -0.350 e. The number of aryl methyl sites for hydroxylation is 1. The molecule has 3 rings (SSSR count). The predicted octanol–water partition coefficient (Wildman–Crippen LogP) is 3.46. The summed E-state index contributed by atoms with van der Waals surface area (Å²) in [6.07, 6.45) is 6.24. The summed E-state index contributed by atoms with van der Waals surface area (Å²) in [6, 6.07) is 6.79. The molecule has 1 saturated carbocycles. The average Bonchev–Trinajstić information content (AvgIpc) is 3.12. The number of aromatic nitrogens is 2. The summed E-state index contributed by atoms with van der Waals surface area (Å²) in [5, 5.41) is 12.8. The van der Waals surface area contributed by atoms with Gasteiger partial charge in [-0.3, -0.25) is 14.4 Å². The highest BCUT2D eigenvalue weighted by Crippen LogP contribution is 2.34. The first kappa shape index (κ1) is 24.4. The zero-order valence-electron chi connectivity index (χ0n) is 19.6. The van der Waals surface area contributed by atoms with E-state index in [-0.39, 0.29) is 30.2 Å². The van der Waals surface area contributed by atoms with Crippen LogP contribution < -0.4 is 16.0 Å². The quantitative estimate of drug-likeness (QED) is 0.523. The zero-order chi connectivity index (χ0) is 23.8. The number of nitrogens with one attached hydrogen (secondary N) is 3. The number of nitrogens with zero attached hydrogens (tertiary/aromatic N) is 2. The first-order valence-electron chi connectivity index (χ1n) is 11.6. The third kappa shape index (κ3) is 6.87. The number of carbonyl (C=O) groups excluding carboxylic acids is 3. The number of hydrogen-bond donors (Lipinski definition) is 3. The van der Waals surface area contributed by atoms with Crippen molar-refractivity contribution in [1.82, 2.24) is 20.8 Å². The molecule has 1 heterocycles. The molecule has 3 amide bonds. The molecule has 0 aliphatic heterocycles. The van der Waals surface area contributed by atoms with Crippen LogP contribution in [-0.4, -0.2) is 33.9 Å². The zero-order valence-corrected chi connectivity index (χ0v) is 19.6. The fourth-order valence-corrected chi connectivity index (χ4v) is 4.12. The van der Waals surface area contributed by atoms with Crippen molar-refractivity contribution in [3.63, 3.8) is 0 Å². The van der Waals surface area contributed by atoms with Crippen molar-refractivity contribution in [3.05, 3.63) is 41.5 Å². The highest BCUT2D eigenvalue weighted by Gasteiger charge is 2.38. The number of amides is 3. The molecule has 0 spiro atoms. The third-order valence-electron chi connectivity index (χ3n) is 5.69. The number of rotatable bonds is 8. The number of carbonyl (C=O) groups is 3. The first-order valence-corrected chi connectivity index (χ1v) is 11.6. The van der Waals surface area contributed by atoms with Gasteiger partial charge in [0.25, 0.3) is 5.91 Å². The van der Waals surface area contributed by atoms with Gasteiger partial charge in [-0.2, -0.15) is 4.98 Å². The Morgan fingerprint density at radius 3 is 2.33 bits per heavy atom. The van der Waals surface area contributed by atoms with E-state index in [0.29, 0.717) is 29.4 Å². The third-order valence-corrected chi connectivity index (χ3v) is 5.69. The maximum absolute atomic E-state index is 12.4. The Bertz CT molecular complexity index is 959. The lowest BCUT2D eigenvalue weighted by atomic mass is 9.89. The van der Waals surface area contributed by atoms with E-state index >= 15 is 0 Å². The topological polar surface area (TPSA) is 126 Å². The molecule has 1 aromatic carbocycles. The average molecular weight is 456 g/mol. The molecule has 3 N–H and O–H groups in total. The van der Waals surface area contributed by atoms with E-state index in [2.05, 4.69) is 26.1 Å². The SMILES string of the molecule is CC(=O)NC1(c2noc(CCC(=O)Nc3ccc(C(=O)NC(C)C)cc3)n2)CCCCCC1. The lowest BCUT2D eigenvalue weighted by molar-refractivity contribution is -0.121. The van der Waals surface area contributed by atoms with Crippen LogP contribution in [0.4, 0.5) is 5.69 Å². The van der Waals surface area contributed by atoms with Crippen LogP contribution in [0.25, 0.3) is 0 Å². The molecule has 9 nitrogen and oxygen atoms in total. The molecule has 1 aliphatic carbocycles. The number of benzene rings is 1. The van der Waals surface area contributed by atoms with Crippen molar-refractivity contribution >= 4 is 23.4 Å². The molecule has 0 saturated heterocycles. The summed E-state index contributed by atoms with van der Waals surface area (Å²) in [4.78, 5) is 40.7. The fraction of sp³-hybridized carbons (Fsp3) is 0.542. The van der Waals surface area contributed by atoms with Gasteiger partial charge in [0.15, 0.2) is 5.82 Å². The molecule has 178 valence electrons. The van der Waals surface area contributed by atoms with Gasteiger partial charge in [0.05, 0.1) is 0 Å². The van der Waals surface area contributed by atoms with Crippen LogP contribution >= 0.6 is 0 Å². The molecule has 0 unspecified atom stereocenters. The highest BCUT2D eigenvalue weighted by atomic mass is 16.5. The van der Waals surface area contributed by atoms with Gasteiger partial charge in [-0.15, -0.1) is 0 Å². The van der Waals surface area contributed by atoms with Crippen LogP contribution in [0, 0.1) is 0 Å². The molecule has 0 radical (unpaired) electrons. The monoisotopic (exact) mass is 455 g/mol. The molecule has 0 atom stereocenters. The van der Waals surface area contributed by atoms with Gasteiger partial charge in [-0.1, -0.05) is 30.8 Å². The van der Waals surface area contributed by atoms with Gasteiger partial charge in [-0.25, -0.2) is 0 Å². The summed E-state index contributed by atoms with van der Waals surface area (Å²) in [5.41, 5.74) is 0.540. The summed E-state index contributed by atoms with van der Waals surface area (Å²) in [6.45, 7) is 5.30. The molecular formula is C24H33N5O4. The fourth-order valence-electron chi connectivity index (χ4n) is 4.12. The Morgan fingerprint density at radius 1 is 1.06 bits per heavy atom. The molecule has 1 aliphatic rings. The minimum absolute atomic E-state index is 0.0535. The van der Waals surface area contributed by atoms with Gasteiger partial charge in [0, 0.05) is 37.1 Å². The van der Waals surface area contributed by atoms with Crippen LogP contribution in [0.15, 0.2) is 28.8 Å². The van der Waals surface area contributed by atoms with Gasteiger partial charge in [0.1, 0.15) is 5.54 Å². The molecule has 2 aromatic rings. The Labute approximate surface area is 194 Å². The van der Waals surface area contributed by atoms with Crippen molar-refractivity contribution in [2.75, 3.05) is 5.32 Å². The Balaban J connectivity index is 1.56. The second kappa shape index (κ2) is 11.1.